The van der Waals surface area contributed by atoms with Gasteiger partial charge in [-0.3, -0.25) is 14.9 Å². The minimum atomic E-state index is -3.72. The molecule has 0 spiro atoms. The highest BCUT2D eigenvalue weighted by molar-refractivity contribution is 7.14. The maximum atomic E-state index is 13.1. The van der Waals surface area contributed by atoms with Crippen LogP contribution in [0.3, 0.4) is 0 Å². The lowest BCUT2D eigenvalue weighted by atomic mass is 10.2. The van der Waals surface area contributed by atoms with Crippen molar-refractivity contribution in [2.45, 2.75) is 12.7 Å². The summed E-state index contributed by atoms with van der Waals surface area (Å²) in [5, 5.41) is 7.27. The van der Waals surface area contributed by atoms with Gasteiger partial charge in [-0.15, -0.1) is 20.1 Å². The molecule has 2 N–H and O–H groups in total. The number of halogens is 2. The predicted octanol–water partition coefficient (Wildman–Crippen LogP) is 3.90. The third-order valence-corrected chi connectivity index (χ3v) is 4.64. The Bertz CT molecular complexity index is 1070. The molecule has 0 radical (unpaired) electrons. The monoisotopic (exact) mass is 417 g/mol. The van der Waals surface area contributed by atoms with E-state index in [2.05, 4.69) is 25.1 Å². The Labute approximate surface area is 167 Å². The summed E-state index contributed by atoms with van der Waals surface area (Å²) in [5.41, 5.74) is 1.24. The van der Waals surface area contributed by atoms with Gasteiger partial charge in [0, 0.05) is 22.7 Å². The van der Waals surface area contributed by atoms with Gasteiger partial charge in [0.05, 0.1) is 12.1 Å². The zero-order chi connectivity index (χ0) is 20.4. The number of aromatic nitrogens is 1. The fourth-order valence-electron chi connectivity index (χ4n) is 2.60. The summed E-state index contributed by atoms with van der Waals surface area (Å²) in [4.78, 5) is 28.6. The predicted molar refractivity (Wildman–Crippen MR) is 101 cm³/mol. The number of hydrogen-bond donors (Lipinski definition) is 2. The number of nitrogens with zero attached hydrogens (tertiary/aromatic N) is 1. The van der Waals surface area contributed by atoms with E-state index in [1.165, 1.54) is 29.5 Å². The van der Waals surface area contributed by atoms with E-state index >= 15 is 0 Å². The molecule has 1 aliphatic heterocycles. The third-order valence-electron chi connectivity index (χ3n) is 3.83. The standard InChI is InChI=1S/C19H13F2N3O4S/c20-19(21)27-14-7-6-12(8-15(14)28-19)22-16(25)9-13-10-29-18(23-13)24-17(26)11-4-2-1-3-5-11/h1-8,10H,9H2,(H,22,25)(H,23,24,26). The van der Waals surface area contributed by atoms with E-state index < -0.39 is 12.2 Å². The zero-order valence-corrected chi connectivity index (χ0v) is 15.5. The molecule has 0 bridgehead atoms. The number of nitrogens with one attached hydrogen (secondary N) is 2. The number of carbonyl (C=O) groups excluding carboxylic acids is 2. The van der Waals surface area contributed by atoms with Gasteiger partial charge in [-0.05, 0) is 24.3 Å². The molecule has 7 nitrogen and oxygen atoms in total. The van der Waals surface area contributed by atoms with E-state index in [1.807, 2.05) is 6.07 Å². The van der Waals surface area contributed by atoms with Gasteiger partial charge in [0.25, 0.3) is 5.91 Å². The molecular formula is C19H13F2N3O4S. The first-order chi connectivity index (χ1) is 13.9. The second-order valence-corrected chi connectivity index (χ2v) is 6.88. The molecule has 2 heterocycles. The van der Waals surface area contributed by atoms with Gasteiger partial charge >= 0.3 is 6.29 Å². The second-order valence-electron chi connectivity index (χ2n) is 6.02. The van der Waals surface area contributed by atoms with Crippen molar-refractivity contribution in [2.24, 2.45) is 0 Å². The summed E-state index contributed by atoms with van der Waals surface area (Å²) in [5.74, 6) is -0.964. The van der Waals surface area contributed by atoms with Gasteiger partial charge in [-0.25, -0.2) is 4.98 Å². The molecule has 10 heteroatoms. The largest absolute Gasteiger partial charge is 0.586 e. The van der Waals surface area contributed by atoms with Gasteiger partial charge < -0.3 is 14.8 Å². The van der Waals surface area contributed by atoms with Crippen LogP contribution in [-0.4, -0.2) is 23.1 Å². The summed E-state index contributed by atoms with van der Waals surface area (Å²) in [7, 11) is 0. The molecule has 148 valence electrons. The lowest BCUT2D eigenvalue weighted by Gasteiger charge is -2.05. The van der Waals surface area contributed by atoms with Gasteiger partial charge in [-0.2, -0.15) is 0 Å². The van der Waals surface area contributed by atoms with Crippen LogP contribution in [0, 0.1) is 0 Å². The van der Waals surface area contributed by atoms with Crippen molar-refractivity contribution in [1.29, 1.82) is 0 Å². The van der Waals surface area contributed by atoms with Crippen molar-refractivity contribution >= 4 is 34.0 Å². The number of thiazole rings is 1. The Morgan fingerprint density at radius 1 is 1.03 bits per heavy atom. The molecule has 0 atom stereocenters. The summed E-state index contributed by atoms with van der Waals surface area (Å²) in [6.45, 7) is 0. The number of hydrogen-bond acceptors (Lipinski definition) is 6. The summed E-state index contributed by atoms with van der Waals surface area (Å²) < 4.78 is 34.8. The Morgan fingerprint density at radius 3 is 2.59 bits per heavy atom. The van der Waals surface area contributed by atoms with Gasteiger partial charge in [0.15, 0.2) is 16.6 Å². The van der Waals surface area contributed by atoms with Crippen molar-refractivity contribution in [3.05, 3.63) is 65.2 Å². The molecule has 0 saturated carbocycles. The van der Waals surface area contributed by atoms with E-state index in [4.69, 9.17) is 0 Å². The SMILES string of the molecule is O=C(Cc1csc(NC(=O)c2ccccc2)n1)Nc1ccc2c(c1)OC(F)(F)O2. The number of rotatable bonds is 5. The molecule has 3 aromatic rings. The molecule has 2 aromatic carbocycles. The van der Waals surface area contributed by atoms with Gasteiger partial charge in [-0.1, -0.05) is 18.2 Å². The summed E-state index contributed by atoms with van der Waals surface area (Å²) >= 11 is 1.19. The third kappa shape index (κ3) is 4.49. The maximum Gasteiger partial charge on any atom is 0.586 e. The van der Waals surface area contributed by atoms with E-state index in [9.17, 15) is 18.4 Å². The number of amides is 2. The van der Waals surface area contributed by atoms with Crippen molar-refractivity contribution in [3.8, 4) is 11.5 Å². The first kappa shape index (κ1) is 18.8. The fraction of sp³-hybridized carbons (Fsp3) is 0.105. The Morgan fingerprint density at radius 2 is 1.79 bits per heavy atom. The zero-order valence-electron chi connectivity index (χ0n) is 14.6. The number of benzene rings is 2. The minimum absolute atomic E-state index is 0.0533. The molecule has 2 amide bonds. The first-order valence-corrected chi connectivity index (χ1v) is 9.26. The number of anilines is 2. The molecule has 0 fully saturated rings. The number of ether oxygens (including phenoxy) is 2. The highest BCUT2D eigenvalue weighted by atomic mass is 32.1. The van der Waals surface area contributed by atoms with Crippen LogP contribution in [0.15, 0.2) is 53.9 Å². The topological polar surface area (TPSA) is 89.6 Å². The van der Waals surface area contributed by atoms with Crippen LogP contribution < -0.4 is 20.1 Å². The highest BCUT2D eigenvalue weighted by Gasteiger charge is 2.43. The Kier molecular flexibility index (Phi) is 4.85. The Hall–Kier alpha value is -3.53. The van der Waals surface area contributed by atoms with E-state index in [0.29, 0.717) is 16.4 Å². The minimum Gasteiger partial charge on any atom is -0.395 e. The summed E-state index contributed by atoms with van der Waals surface area (Å²) in [6, 6.07) is 12.6. The average molecular weight is 417 g/mol. The van der Waals surface area contributed by atoms with Crippen LogP contribution in [0.2, 0.25) is 0 Å². The van der Waals surface area contributed by atoms with E-state index in [1.54, 1.807) is 29.6 Å². The van der Waals surface area contributed by atoms with Crippen molar-refractivity contribution in [2.75, 3.05) is 10.6 Å². The smallest absolute Gasteiger partial charge is 0.395 e. The van der Waals surface area contributed by atoms with Crippen LogP contribution >= 0.6 is 11.3 Å². The average Bonchev–Trinajstić information content (AvgIpc) is 3.23. The van der Waals surface area contributed by atoms with Crippen molar-refractivity contribution < 1.29 is 27.8 Å². The molecule has 1 aliphatic rings. The number of fused-ring (bicyclic) bond motifs is 1. The number of carbonyl (C=O) groups is 2. The molecule has 0 unspecified atom stereocenters. The molecule has 0 aliphatic carbocycles. The molecule has 29 heavy (non-hydrogen) atoms. The normalized spacial score (nSPS) is 13.7. The molecule has 0 saturated heterocycles. The quantitative estimate of drug-likeness (QED) is 0.657. The van der Waals surface area contributed by atoms with E-state index in [-0.39, 0.29) is 29.5 Å². The molecule has 4 rings (SSSR count). The van der Waals surface area contributed by atoms with Gasteiger partial charge in [0.1, 0.15) is 0 Å². The van der Waals surface area contributed by atoms with Crippen LogP contribution in [-0.2, 0) is 11.2 Å². The second kappa shape index (κ2) is 7.47. The lowest BCUT2D eigenvalue weighted by Crippen LogP contribution is -2.25. The maximum absolute atomic E-state index is 13.1. The van der Waals surface area contributed by atoms with Crippen molar-refractivity contribution in [3.63, 3.8) is 0 Å². The molecular weight excluding hydrogens is 404 g/mol. The van der Waals surface area contributed by atoms with Crippen LogP contribution in [0.4, 0.5) is 19.6 Å². The van der Waals surface area contributed by atoms with Crippen LogP contribution in [0.25, 0.3) is 0 Å². The van der Waals surface area contributed by atoms with Crippen molar-refractivity contribution in [1.82, 2.24) is 4.98 Å². The fourth-order valence-corrected chi connectivity index (χ4v) is 3.31. The highest BCUT2D eigenvalue weighted by Crippen LogP contribution is 2.42. The van der Waals surface area contributed by atoms with Crippen LogP contribution in [0.5, 0.6) is 11.5 Å². The van der Waals surface area contributed by atoms with E-state index in [0.717, 1.165) is 0 Å². The first-order valence-electron chi connectivity index (χ1n) is 8.38. The van der Waals surface area contributed by atoms with Gasteiger partial charge in [0.2, 0.25) is 5.91 Å². The summed E-state index contributed by atoms with van der Waals surface area (Å²) in [6.07, 6.45) is -3.77. The lowest BCUT2D eigenvalue weighted by molar-refractivity contribution is -0.286. The number of alkyl halides is 2. The Balaban J connectivity index is 1.35. The molecule has 1 aromatic heterocycles. The van der Waals surface area contributed by atoms with Crippen LogP contribution in [0.1, 0.15) is 16.1 Å².